The lowest BCUT2D eigenvalue weighted by atomic mass is 10.1. The summed E-state index contributed by atoms with van der Waals surface area (Å²) in [4.78, 5) is 26.3. The zero-order valence-electron chi connectivity index (χ0n) is 10.4. The summed E-state index contributed by atoms with van der Waals surface area (Å²) >= 11 is 0. The van der Waals surface area contributed by atoms with Gasteiger partial charge in [0.1, 0.15) is 0 Å². The second kappa shape index (κ2) is 6.54. The van der Waals surface area contributed by atoms with Gasteiger partial charge in [0.25, 0.3) is 0 Å². The van der Waals surface area contributed by atoms with Gasteiger partial charge >= 0.3 is 11.9 Å². The first-order chi connectivity index (χ1) is 8.54. The van der Waals surface area contributed by atoms with Gasteiger partial charge in [-0.05, 0) is 24.6 Å². The van der Waals surface area contributed by atoms with E-state index in [1.807, 2.05) is 0 Å². The molecule has 0 aliphatic rings. The number of aromatic nitrogens is 1. The third-order valence-electron chi connectivity index (χ3n) is 2.30. The highest BCUT2D eigenvalue weighted by atomic mass is 16.7. The maximum atomic E-state index is 11.6. The highest BCUT2D eigenvalue weighted by molar-refractivity contribution is 5.77. The molecule has 0 radical (unpaired) electrons. The summed E-state index contributed by atoms with van der Waals surface area (Å²) in [5, 5.41) is 0. The Labute approximate surface area is 105 Å². The zero-order valence-corrected chi connectivity index (χ0v) is 10.4. The van der Waals surface area contributed by atoms with Gasteiger partial charge in [0.2, 0.25) is 6.79 Å². The van der Waals surface area contributed by atoms with E-state index in [0.717, 1.165) is 5.56 Å². The Bertz CT molecular complexity index is 456. The molecule has 5 heteroatoms. The minimum atomic E-state index is -0.527. The topological polar surface area (TPSA) is 65.5 Å². The summed E-state index contributed by atoms with van der Waals surface area (Å²) in [7, 11) is 0. The van der Waals surface area contributed by atoms with Gasteiger partial charge in [0, 0.05) is 13.1 Å². The molecule has 1 heterocycles. The van der Waals surface area contributed by atoms with Gasteiger partial charge in [0.15, 0.2) is 0 Å². The number of carbonyl (C=O) groups is 2. The molecule has 96 valence electrons. The molecule has 18 heavy (non-hydrogen) atoms. The van der Waals surface area contributed by atoms with Crippen LogP contribution in [0.2, 0.25) is 0 Å². The van der Waals surface area contributed by atoms with E-state index in [1.165, 1.54) is 6.92 Å². The molecule has 1 aromatic heterocycles. The lowest BCUT2D eigenvalue weighted by Crippen LogP contribution is -2.17. The summed E-state index contributed by atoms with van der Waals surface area (Å²) in [5.74, 6) is -1.52. The van der Waals surface area contributed by atoms with Crippen molar-refractivity contribution in [1.82, 2.24) is 4.98 Å². The van der Waals surface area contributed by atoms with Crippen LogP contribution in [0.25, 0.3) is 6.08 Å². The van der Waals surface area contributed by atoms with Crippen molar-refractivity contribution in [3.8, 4) is 0 Å². The fourth-order valence-electron chi connectivity index (χ4n) is 1.25. The molecule has 0 saturated carbocycles. The lowest BCUT2D eigenvalue weighted by molar-refractivity contribution is -0.166. The minimum absolute atomic E-state index is 0.375. The summed E-state index contributed by atoms with van der Waals surface area (Å²) in [6.07, 6.45) is 3.27. The van der Waals surface area contributed by atoms with Crippen LogP contribution in [0, 0.1) is 0 Å². The van der Waals surface area contributed by atoms with Crippen molar-refractivity contribution in [3.05, 3.63) is 36.2 Å². The molecule has 0 amide bonds. The van der Waals surface area contributed by atoms with Crippen LogP contribution in [0.1, 0.15) is 31.0 Å². The Hall–Kier alpha value is -2.17. The molecule has 0 aliphatic heterocycles. The molecule has 5 nitrogen and oxygen atoms in total. The van der Waals surface area contributed by atoms with E-state index in [1.54, 1.807) is 31.3 Å². The van der Waals surface area contributed by atoms with Crippen LogP contribution >= 0.6 is 0 Å². The summed E-state index contributed by atoms with van der Waals surface area (Å²) in [6.45, 7) is 6.18. The monoisotopic (exact) mass is 249 g/mol. The summed E-state index contributed by atoms with van der Waals surface area (Å²) < 4.78 is 9.32. The van der Waals surface area contributed by atoms with E-state index in [9.17, 15) is 9.59 Å². The number of ether oxygens (including phenoxy) is 2. The first-order valence-corrected chi connectivity index (χ1v) is 5.43. The van der Waals surface area contributed by atoms with Gasteiger partial charge in [-0.25, -0.2) is 0 Å². The van der Waals surface area contributed by atoms with Crippen LogP contribution in [0.3, 0.4) is 0 Å². The molecular formula is C13H15NO4. The predicted octanol–water partition coefficient (Wildman–Crippen LogP) is 1.89. The van der Waals surface area contributed by atoms with E-state index in [2.05, 4.69) is 16.3 Å². The predicted molar refractivity (Wildman–Crippen MR) is 65.5 cm³/mol. The largest absolute Gasteiger partial charge is 0.428 e. The van der Waals surface area contributed by atoms with Crippen molar-refractivity contribution < 1.29 is 19.1 Å². The molecule has 0 fully saturated rings. The number of hydrogen-bond acceptors (Lipinski definition) is 5. The first kappa shape index (κ1) is 13.9. The quantitative estimate of drug-likeness (QED) is 0.589. The van der Waals surface area contributed by atoms with Gasteiger partial charge < -0.3 is 9.47 Å². The number of nitrogens with zero attached hydrogens (tertiary/aromatic N) is 1. The molecule has 0 aromatic carbocycles. The second-order valence-electron chi connectivity index (χ2n) is 3.66. The fraction of sp³-hybridized carbons (Fsp3) is 0.308. The smallest absolute Gasteiger partial charge is 0.317 e. The highest BCUT2D eigenvalue weighted by Crippen LogP contribution is 2.16. The van der Waals surface area contributed by atoms with Crippen LogP contribution in [0.5, 0.6) is 0 Å². The van der Waals surface area contributed by atoms with Crippen LogP contribution in [0.15, 0.2) is 24.9 Å². The van der Waals surface area contributed by atoms with Crippen molar-refractivity contribution >= 4 is 18.0 Å². The van der Waals surface area contributed by atoms with Gasteiger partial charge in [-0.2, -0.15) is 0 Å². The summed E-state index contributed by atoms with van der Waals surface area (Å²) in [5.41, 5.74) is 1.46. The number of esters is 2. The third kappa shape index (κ3) is 4.01. The second-order valence-corrected chi connectivity index (χ2v) is 3.66. The summed E-state index contributed by atoms with van der Waals surface area (Å²) in [6, 6.07) is 3.54. The fourth-order valence-corrected chi connectivity index (χ4v) is 1.25. The minimum Gasteiger partial charge on any atom is -0.428 e. The lowest BCUT2D eigenvalue weighted by Gasteiger charge is -2.11. The van der Waals surface area contributed by atoms with Gasteiger partial charge in [0.05, 0.1) is 11.6 Å². The first-order valence-electron chi connectivity index (χ1n) is 5.43. The van der Waals surface area contributed by atoms with Crippen LogP contribution < -0.4 is 0 Å². The van der Waals surface area contributed by atoms with E-state index < -0.39 is 17.9 Å². The van der Waals surface area contributed by atoms with Gasteiger partial charge in [-0.1, -0.05) is 12.7 Å². The van der Waals surface area contributed by atoms with Crippen molar-refractivity contribution in [2.75, 3.05) is 6.79 Å². The van der Waals surface area contributed by atoms with Crippen LogP contribution in [-0.2, 0) is 19.1 Å². The number of hydrogen-bond donors (Lipinski definition) is 0. The number of pyridine rings is 1. The van der Waals surface area contributed by atoms with Crippen molar-refractivity contribution in [2.45, 2.75) is 19.8 Å². The highest BCUT2D eigenvalue weighted by Gasteiger charge is 2.18. The third-order valence-corrected chi connectivity index (χ3v) is 2.30. The standard InChI is InChI=1S/C13H15NO4/c1-4-11-5-6-14-12(7-11)9(2)13(16)18-8-17-10(3)15/h4-7,9H,1,8H2,2-3H3. The molecule has 0 aliphatic carbocycles. The van der Waals surface area contributed by atoms with Crippen LogP contribution in [-0.4, -0.2) is 23.7 Å². The molecule has 1 rings (SSSR count). The average Bonchev–Trinajstić information content (AvgIpc) is 2.37. The van der Waals surface area contributed by atoms with E-state index in [4.69, 9.17) is 4.74 Å². The van der Waals surface area contributed by atoms with Gasteiger partial charge in [-0.3, -0.25) is 14.6 Å². The Morgan fingerprint density at radius 1 is 1.50 bits per heavy atom. The molecule has 0 spiro atoms. The molecule has 0 bridgehead atoms. The number of rotatable bonds is 5. The van der Waals surface area contributed by atoms with Gasteiger partial charge in [-0.15, -0.1) is 0 Å². The number of carbonyl (C=O) groups excluding carboxylic acids is 2. The Kier molecular flexibility index (Phi) is 5.05. The van der Waals surface area contributed by atoms with E-state index in [-0.39, 0.29) is 6.79 Å². The Morgan fingerprint density at radius 3 is 2.83 bits per heavy atom. The Morgan fingerprint density at radius 2 is 2.22 bits per heavy atom. The van der Waals surface area contributed by atoms with E-state index in [0.29, 0.717) is 5.69 Å². The maximum Gasteiger partial charge on any atom is 0.317 e. The van der Waals surface area contributed by atoms with Crippen molar-refractivity contribution in [1.29, 1.82) is 0 Å². The normalized spacial score (nSPS) is 11.4. The molecule has 0 N–H and O–H groups in total. The molecule has 1 unspecified atom stereocenters. The average molecular weight is 249 g/mol. The zero-order chi connectivity index (χ0) is 13.5. The van der Waals surface area contributed by atoms with Crippen LogP contribution in [0.4, 0.5) is 0 Å². The van der Waals surface area contributed by atoms with Crippen molar-refractivity contribution in [2.24, 2.45) is 0 Å². The molecule has 1 aromatic rings. The SMILES string of the molecule is C=Cc1ccnc(C(C)C(=O)OCOC(C)=O)c1. The maximum absolute atomic E-state index is 11.6. The Balaban J connectivity index is 2.62. The van der Waals surface area contributed by atoms with E-state index >= 15 is 0 Å². The van der Waals surface area contributed by atoms with Crippen molar-refractivity contribution in [3.63, 3.8) is 0 Å². The molecule has 1 atom stereocenters. The molecular weight excluding hydrogens is 234 g/mol. The molecule has 0 saturated heterocycles.